The molecular weight excluding hydrogens is 194 g/mol. The highest BCUT2D eigenvalue weighted by atomic mass is 19.2. The second-order valence-corrected chi connectivity index (χ2v) is 2.24. The van der Waals surface area contributed by atoms with Crippen LogP contribution in [-0.2, 0) is 0 Å². The lowest BCUT2D eigenvalue weighted by Crippen LogP contribution is -1.86. The maximum absolute atomic E-state index is 12.2. The molecule has 1 aromatic carbocycles. The molecule has 3 nitrogen and oxygen atoms in total. The molecule has 0 aliphatic rings. The molecule has 5 heteroatoms. The average Bonchev–Trinajstić information content (AvgIpc) is 2.22. The number of carbonyl (C=O) groups is 1. The Morgan fingerprint density at radius 3 is 2.07 bits per heavy atom. The van der Waals surface area contributed by atoms with Gasteiger partial charge in [0.25, 0.3) is 0 Å². The van der Waals surface area contributed by atoms with Crippen molar-refractivity contribution in [3.8, 4) is 0 Å². The molecule has 0 unspecified atom stereocenters. The number of aliphatic hydroxyl groups is 2. The van der Waals surface area contributed by atoms with Gasteiger partial charge in [0.15, 0.2) is 11.6 Å². The predicted molar refractivity (Wildman–Crippen MR) is 45.9 cm³/mol. The molecule has 0 amide bonds. The number of hydrogen-bond donors (Lipinski definition) is 2. The number of halogens is 2. The predicted octanol–water partition coefficient (Wildman–Crippen LogP) is 0.748. The third-order valence-corrected chi connectivity index (χ3v) is 1.18. The van der Waals surface area contributed by atoms with E-state index in [4.69, 9.17) is 10.2 Å². The third kappa shape index (κ3) is 4.64. The van der Waals surface area contributed by atoms with Crippen molar-refractivity contribution in [1.29, 1.82) is 0 Å². The van der Waals surface area contributed by atoms with Crippen molar-refractivity contribution < 1.29 is 23.8 Å². The number of aldehydes is 1. The van der Waals surface area contributed by atoms with Crippen LogP contribution in [0, 0.1) is 11.6 Å². The normalized spacial score (nSPS) is 8.86. The zero-order valence-electron chi connectivity index (χ0n) is 7.28. The average molecular weight is 204 g/mol. The van der Waals surface area contributed by atoms with Gasteiger partial charge < -0.3 is 10.2 Å². The van der Waals surface area contributed by atoms with E-state index >= 15 is 0 Å². The monoisotopic (exact) mass is 204 g/mol. The number of benzene rings is 1. The molecule has 1 rings (SSSR count). The van der Waals surface area contributed by atoms with Gasteiger partial charge in [-0.05, 0) is 18.2 Å². The van der Waals surface area contributed by atoms with Crippen LogP contribution in [0.15, 0.2) is 18.2 Å². The highest BCUT2D eigenvalue weighted by molar-refractivity contribution is 5.74. The summed E-state index contributed by atoms with van der Waals surface area (Å²) in [6, 6.07) is 2.98. The van der Waals surface area contributed by atoms with Crippen LogP contribution in [0.2, 0.25) is 0 Å². The van der Waals surface area contributed by atoms with E-state index < -0.39 is 11.6 Å². The zero-order chi connectivity index (χ0) is 11.0. The second kappa shape index (κ2) is 7.11. The van der Waals surface area contributed by atoms with Crippen molar-refractivity contribution in [2.75, 3.05) is 13.2 Å². The van der Waals surface area contributed by atoms with Crippen LogP contribution < -0.4 is 0 Å². The summed E-state index contributed by atoms with van der Waals surface area (Å²) < 4.78 is 24.4. The molecule has 78 valence electrons. The van der Waals surface area contributed by atoms with Crippen molar-refractivity contribution >= 4 is 6.29 Å². The minimum atomic E-state index is -0.996. The molecule has 2 N–H and O–H groups in total. The van der Waals surface area contributed by atoms with Gasteiger partial charge in [0.2, 0.25) is 0 Å². The number of aliphatic hydroxyl groups excluding tert-OH is 2. The molecule has 0 bridgehead atoms. The van der Waals surface area contributed by atoms with Gasteiger partial charge in [0, 0.05) is 5.56 Å². The van der Waals surface area contributed by atoms with Gasteiger partial charge >= 0.3 is 0 Å². The van der Waals surface area contributed by atoms with Crippen LogP contribution in [0.3, 0.4) is 0 Å². The maximum Gasteiger partial charge on any atom is 0.159 e. The Kier molecular flexibility index (Phi) is 6.43. The molecule has 0 radical (unpaired) electrons. The molecule has 14 heavy (non-hydrogen) atoms. The molecular formula is C9H10F2O3. The van der Waals surface area contributed by atoms with Crippen molar-refractivity contribution in [3.63, 3.8) is 0 Å². The lowest BCUT2D eigenvalue weighted by molar-refractivity contribution is 0.112. The highest BCUT2D eigenvalue weighted by Crippen LogP contribution is 2.06. The zero-order valence-corrected chi connectivity index (χ0v) is 7.28. The summed E-state index contributed by atoms with van der Waals surface area (Å²) in [5.41, 5.74) is 0.138. The molecule has 0 aliphatic heterocycles. The van der Waals surface area contributed by atoms with E-state index in [0.29, 0.717) is 6.29 Å². The van der Waals surface area contributed by atoms with Gasteiger partial charge in [0.1, 0.15) is 6.29 Å². The van der Waals surface area contributed by atoms with Gasteiger partial charge in [-0.2, -0.15) is 0 Å². The van der Waals surface area contributed by atoms with Gasteiger partial charge in [-0.15, -0.1) is 0 Å². The maximum atomic E-state index is 12.2. The summed E-state index contributed by atoms with van der Waals surface area (Å²) in [6.45, 7) is -0.250. The van der Waals surface area contributed by atoms with Gasteiger partial charge in [-0.1, -0.05) is 0 Å². The minimum Gasteiger partial charge on any atom is -0.394 e. The van der Waals surface area contributed by atoms with Crippen LogP contribution in [0.1, 0.15) is 10.4 Å². The van der Waals surface area contributed by atoms with Gasteiger partial charge in [-0.25, -0.2) is 8.78 Å². The fraction of sp³-hybridized carbons (Fsp3) is 0.222. The van der Waals surface area contributed by atoms with Crippen LogP contribution in [-0.4, -0.2) is 29.7 Å². The lowest BCUT2D eigenvalue weighted by atomic mass is 10.2. The van der Waals surface area contributed by atoms with E-state index in [1.807, 2.05) is 0 Å². The SMILES string of the molecule is O=Cc1ccc(F)c(F)c1.OCCO. The summed E-state index contributed by atoms with van der Waals surface area (Å²) in [6.07, 6.45) is 0.461. The minimum absolute atomic E-state index is 0.125. The van der Waals surface area contributed by atoms with Gasteiger partial charge in [-0.3, -0.25) is 4.79 Å². The van der Waals surface area contributed by atoms with E-state index in [2.05, 4.69) is 0 Å². The summed E-state index contributed by atoms with van der Waals surface area (Å²) >= 11 is 0. The first-order valence-corrected chi connectivity index (χ1v) is 3.77. The summed E-state index contributed by atoms with van der Waals surface area (Å²) in [5, 5.41) is 15.2. The Bertz CT molecular complexity index is 287. The summed E-state index contributed by atoms with van der Waals surface area (Å²) in [4.78, 5) is 9.98. The Balaban J connectivity index is 0.000000364. The highest BCUT2D eigenvalue weighted by Gasteiger charge is 1.99. The lowest BCUT2D eigenvalue weighted by Gasteiger charge is -1.91. The fourth-order valence-electron chi connectivity index (χ4n) is 0.586. The van der Waals surface area contributed by atoms with Crippen molar-refractivity contribution in [1.82, 2.24) is 0 Å². The molecule has 1 aromatic rings. The van der Waals surface area contributed by atoms with Crippen LogP contribution in [0.4, 0.5) is 8.78 Å². The Morgan fingerprint density at radius 1 is 1.14 bits per heavy atom. The molecule has 0 aliphatic carbocycles. The first-order valence-electron chi connectivity index (χ1n) is 3.77. The van der Waals surface area contributed by atoms with Crippen LogP contribution in [0.25, 0.3) is 0 Å². The molecule has 0 fully saturated rings. The molecule has 0 atom stereocenters. The fourth-order valence-corrected chi connectivity index (χ4v) is 0.586. The first-order chi connectivity index (χ1) is 6.65. The molecule has 0 saturated carbocycles. The van der Waals surface area contributed by atoms with Crippen LogP contribution in [0.5, 0.6) is 0 Å². The Morgan fingerprint density at radius 2 is 1.71 bits per heavy atom. The van der Waals surface area contributed by atoms with Crippen LogP contribution >= 0.6 is 0 Å². The van der Waals surface area contributed by atoms with E-state index in [9.17, 15) is 13.6 Å². The molecule has 0 aromatic heterocycles. The second-order valence-electron chi connectivity index (χ2n) is 2.24. The Labute approximate surface area is 79.6 Å². The van der Waals surface area contributed by atoms with Crippen molar-refractivity contribution in [2.24, 2.45) is 0 Å². The third-order valence-electron chi connectivity index (χ3n) is 1.18. The summed E-state index contributed by atoms with van der Waals surface area (Å²) in [5.74, 6) is -1.94. The standard InChI is InChI=1S/C7H4F2O.C2H6O2/c8-6-2-1-5(4-10)3-7(6)9;3-1-2-4/h1-4H;3-4H,1-2H2. The Hall–Kier alpha value is -1.33. The first kappa shape index (κ1) is 12.7. The number of rotatable bonds is 2. The van der Waals surface area contributed by atoms with Crippen molar-refractivity contribution in [2.45, 2.75) is 0 Å². The summed E-state index contributed by atoms with van der Waals surface area (Å²) in [7, 11) is 0. The van der Waals surface area contributed by atoms with Gasteiger partial charge in [0.05, 0.1) is 13.2 Å². The van der Waals surface area contributed by atoms with Crippen molar-refractivity contribution in [3.05, 3.63) is 35.4 Å². The quantitative estimate of drug-likeness (QED) is 0.699. The van der Waals surface area contributed by atoms with E-state index in [-0.39, 0.29) is 18.8 Å². The number of hydrogen-bond acceptors (Lipinski definition) is 3. The molecule has 0 saturated heterocycles. The molecule has 0 spiro atoms. The largest absolute Gasteiger partial charge is 0.394 e. The molecule has 0 heterocycles. The van der Waals surface area contributed by atoms with E-state index in [1.54, 1.807) is 0 Å². The topological polar surface area (TPSA) is 57.5 Å². The van der Waals surface area contributed by atoms with E-state index in [0.717, 1.165) is 12.1 Å². The van der Waals surface area contributed by atoms with E-state index in [1.165, 1.54) is 6.07 Å². The number of carbonyl (C=O) groups excluding carboxylic acids is 1. The smallest absolute Gasteiger partial charge is 0.159 e.